The lowest BCUT2D eigenvalue weighted by Gasteiger charge is -2.01. The molecule has 0 radical (unpaired) electrons. The van der Waals surface area contributed by atoms with Gasteiger partial charge in [-0.3, -0.25) is 0 Å². The van der Waals surface area contributed by atoms with Gasteiger partial charge in [-0.05, 0) is 18.8 Å². The number of hydrogen-bond donors (Lipinski definition) is 0. The molecule has 1 aliphatic carbocycles. The third-order valence-corrected chi connectivity index (χ3v) is 3.05. The Morgan fingerprint density at radius 1 is 1.60 bits per heavy atom. The van der Waals surface area contributed by atoms with Crippen molar-refractivity contribution in [2.75, 3.05) is 6.26 Å². The summed E-state index contributed by atoms with van der Waals surface area (Å²) in [5.41, 5.74) is 0. The van der Waals surface area contributed by atoms with Gasteiger partial charge < -0.3 is 0 Å². The van der Waals surface area contributed by atoms with Crippen LogP contribution in [0.15, 0.2) is 0 Å². The van der Waals surface area contributed by atoms with Crippen molar-refractivity contribution in [3.8, 4) is 6.07 Å². The molecule has 0 aromatic carbocycles. The Bertz CT molecular complexity index is 258. The average molecular weight is 159 g/mol. The van der Waals surface area contributed by atoms with Crippen molar-refractivity contribution in [3.63, 3.8) is 0 Å². The molecule has 1 aliphatic rings. The molecule has 3 nitrogen and oxygen atoms in total. The molecule has 1 atom stereocenters. The van der Waals surface area contributed by atoms with Crippen LogP contribution < -0.4 is 0 Å². The van der Waals surface area contributed by atoms with Gasteiger partial charge in [0.25, 0.3) is 0 Å². The Morgan fingerprint density at radius 3 is 2.20 bits per heavy atom. The van der Waals surface area contributed by atoms with Crippen LogP contribution >= 0.6 is 0 Å². The van der Waals surface area contributed by atoms with E-state index in [0.29, 0.717) is 0 Å². The van der Waals surface area contributed by atoms with Gasteiger partial charge in [-0.2, -0.15) is 5.26 Å². The van der Waals surface area contributed by atoms with Crippen LogP contribution in [0.1, 0.15) is 12.8 Å². The number of sulfone groups is 1. The molecule has 0 aliphatic heterocycles. The van der Waals surface area contributed by atoms with Crippen LogP contribution in [0.5, 0.6) is 0 Å². The zero-order valence-corrected chi connectivity index (χ0v) is 6.56. The van der Waals surface area contributed by atoms with Crippen molar-refractivity contribution in [2.24, 2.45) is 5.92 Å². The average Bonchev–Trinajstić information content (AvgIpc) is 2.46. The third-order valence-electron chi connectivity index (χ3n) is 1.64. The zero-order valence-electron chi connectivity index (χ0n) is 5.74. The lowest BCUT2D eigenvalue weighted by molar-refractivity contribution is 0.589. The molecule has 0 amide bonds. The monoisotopic (exact) mass is 159 g/mol. The van der Waals surface area contributed by atoms with Gasteiger partial charge in [0.05, 0.1) is 6.07 Å². The molecule has 0 N–H and O–H groups in total. The maximum atomic E-state index is 10.8. The molecule has 1 saturated carbocycles. The summed E-state index contributed by atoms with van der Waals surface area (Å²) in [7, 11) is -3.11. The van der Waals surface area contributed by atoms with E-state index in [2.05, 4.69) is 0 Å². The quantitative estimate of drug-likeness (QED) is 0.583. The summed E-state index contributed by atoms with van der Waals surface area (Å²) in [5.74, 6) is 0.125. The topological polar surface area (TPSA) is 57.9 Å². The van der Waals surface area contributed by atoms with E-state index in [9.17, 15) is 8.42 Å². The standard InChI is InChI=1S/C6H9NO2S/c1-10(8,9)6(4-7)5-2-3-5/h5-6H,2-3H2,1H3/t6-/m1/s1. The fourth-order valence-corrected chi connectivity index (χ4v) is 2.11. The summed E-state index contributed by atoms with van der Waals surface area (Å²) in [5, 5.41) is 7.70. The van der Waals surface area contributed by atoms with Gasteiger partial charge in [-0.15, -0.1) is 0 Å². The van der Waals surface area contributed by atoms with E-state index in [-0.39, 0.29) is 5.92 Å². The Balaban J connectivity index is 2.77. The summed E-state index contributed by atoms with van der Waals surface area (Å²) >= 11 is 0. The molecule has 0 unspecified atom stereocenters. The van der Waals surface area contributed by atoms with Crippen LogP contribution in [-0.2, 0) is 9.84 Å². The van der Waals surface area contributed by atoms with E-state index in [0.717, 1.165) is 19.1 Å². The molecule has 1 rings (SSSR count). The first-order valence-electron chi connectivity index (χ1n) is 3.14. The molecule has 1 fully saturated rings. The molecular weight excluding hydrogens is 150 g/mol. The summed E-state index contributed by atoms with van der Waals surface area (Å²) in [4.78, 5) is 0. The minimum absolute atomic E-state index is 0.125. The molecule has 0 heterocycles. The Hall–Kier alpha value is -0.560. The van der Waals surface area contributed by atoms with Crippen molar-refractivity contribution >= 4 is 9.84 Å². The molecule has 10 heavy (non-hydrogen) atoms. The summed E-state index contributed by atoms with van der Waals surface area (Å²) in [6.45, 7) is 0. The van der Waals surface area contributed by atoms with Crippen molar-refractivity contribution in [1.82, 2.24) is 0 Å². The number of hydrogen-bond acceptors (Lipinski definition) is 3. The largest absolute Gasteiger partial charge is 0.228 e. The highest BCUT2D eigenvalue weighted by molar-refractivity contribution is 7.91. The minimum Gasteiger partial charge on any atom is -0.228 e. The van der Waals surface area contributed by atoms with Crippen LogP contribution in [0.2, 0.25) is 0 Å². The van der Waals surface area contributed by atoms with Gasteiger partial charge in [-0.1, -0.05) is 0 Å². The highest BCUT2D eigenvalue weighted by Gasteiger charge is 2.37. The van der Waals surface area contributed by atoms with Gasteiger partial charge in [0.15, 0.2) is 15.1 Å². The molecule has 0 aromatic rings. The summed E-state index contributed by atoms with van der Waals surface area (Å²) in [6, 6.07) is 1.82. The van der Waals surface area contributed by atoms with Crippen LogP contribution in [-0.4, -0.2) is 19.9 Å². The van der Waals surface area contributed by atoms with Crippen molar-refractivity contribution in [2.45, 2.75) is 18.1 Å². The highest BCUT2D eigenvalue weighted by atomic mass is 32.2. The Morgan fingerprint density at radius 2 is 2.10 bits per heavy atom. The second kappa shape index (κ2) is 2.24. The molecule has 4 heteroatoms. The van der Waals surface area contributed by atoms with Crippen LogP contribution in [0, 0.1) is 17.2 Å². The maximum absolute atomic E-state index is 10.8. The van der Waals surface area contributed by atoms with Gasteiger partial charge in [-0.25, -0.2) is 8.42 Å². The molecular formula is C6H9NO2S. The van der Waals surface area contributed by atoms with E-state index in [1.807, 2.05) is 6.07 Å². The fraction of sp³-hybridized carbons (Fsp3) is 0.833. The molecule has 56 valence electrons. The van der Waals surface area contributed by atoms with Crippen molar-refractivity contribution < 1.29 is 8.42 Å². The van der Waals surface area contributed by atoms with Gasteiger partial charge >= 0.3 is 0 Å². The number of nitriles is 1. The van der Waals surface area contributed by atoms with Gasteiger partial charge in [0.1, 0.15) is 0 Å². The van der Waals surface area contributed by atoms with Crippen molar-refractivity contribution in [3.05, 3.63) is 0 Å². The first-order chi connectivity index (χ1) is 4.55. The van der Waals surface area contributed by atoms with Crippen molar-refractivity contribution in [1.29, 1.82) is 5.26 Å². The van der Waals surface area contributed by atoms with E-state index in [1.165, 1.54) is 0 Å². The fourth-order valence-electron chi connectivity index (χ4n) is 0.950. The van der Waals surface area contributed by atoms with Crippen LogP contribution in [0.3, 0.4) is 0 Å². The summed E-state index contributed by atoms with van der Waals surface area (Å²) in [6.07, 6.45) is 2.91. The number of rotatable bonds is 2. The predicted octanol–water partition coefficient (Wildman–Crippen LogP) is 0.333. The lowest BCUT2D eigenvalue weighted by atomic mass is 10.3. The van der Waals surface area contributed by atoms with Crippen LogP contribution in [0.25, 0.3) is 0 Å². The lowest BCUT2D eigenvalue weighted by Crippen LogP contribution is -2.19. The smallest absolute Gasteiger partial charge is 0.163 e. The second-order valence-corrected chi connectivity index (χ2v) is 4.88. The molecule has 0 bridgehead atoms. The van der Waals surface area contributed by atoms with E-state index in [4.69, 9.17) is 5.26 Å². The Labute approximate surface area is 60.6 Å². The number of nitrogens with zero attached hydrogens (tertiary/aromatic N) is 1. The van der Waals surface area contributed by atoms with Gasteiger partial charge in [0, 0.05) is 6.26 Å². The van der Waals surface area contributed by atoms with E-state index >= 15 is 0 Å². The normalized spacial score (nSPS) is 21.6. The Kier molecular flexibility index (Phi) is 1.69. The summed E-state index contributed by atoms with van der Waals surface area (Å²) < 4.78 is 21.6. The molecule has 0 saturated heterocycles. The predicted molar refractivity (Wildman–Crippen MR) is 37.0 cm³/mol. The second-order valence-electron chi connectivity index (χ2n) is 2.72. The first kappa shape index (κ1) is 7.55. The van der Waals surface area contributed by atoms with E-state index in [1.54, 1.807) is 0 Å². The third kappa shape index (κ3) is 1.48. The van der Waals surface area contributed by atoms with E-state index < -0.39 is 15.1 Å². The SMILES string of the molecule is CS(=O)(=O)[C@H](C#N)C1CC1. The molecule has 0 spiro atoms. The first-order valence-corrected chi connectivity index (χ1v) is 5.09. The molecule has 0 aromatic heterocycles. The highest BCUT2D eigenvalue weighted by Crippen LogP contribution is 2.35. The zero-order chi connectivity index (χ0) is 7.78. The maximum Gasteiger partial charge on any atom is 0.163 e. The van der Waals surface area contributed by atoms with Crippen LogP contribution in [0.4, 0.5) is 0 Å². The minimum atomic E-state index is -3.11. The van der Waals surface area contributed by atoms with Gasteiger partial charge in [0.2, 0.25) is 0 Å².